The highest BCUT2D eigenvalue weighted by atomic mass is 32.2. The number of ether oxygens (including phenoxy) is 1. The molecule has 3 N–H and O–H groups in total. The monoisotopic (exact) mass is 480 g/mol. The molecule has 0 saturated carbocycles. The van der Waals surface area contributed by atoms with E-state index in [1.807, 2.05) is 85.8 Å². The lowest BCUT2D eigenvalue weighted by molar-refractivity contribution is 0.0950. The van der Waals surface area contributed by atoms with Crippen LogP contribution in [-0.4, -0.2) is 13.0 Å². The van der Waals surface area contributed by atoms with Gasteiger partial charge in [0.25, 0.3) is 5.91 Å². The molecular weight excluding hydrogens is 452 g/mol. The summed E-state index contributed by atoms with van der Waals surface area (Å²) in [5.74, 6) is 0.715. The quantitative estimate of drug-likeness (QED) is 0.275. The van der Waals surface area contributed by atoms with E-state index in [0.29, 0.717) is 17.8 Å². The standard InChI is InChI=1S/C30H28N2O2S/c1-20-18-24(30(33)32-19-22-8-13-25(31)14-9-22)12-17-28(20)35-29-7-5-4-6-27(29)21(2)23-10-15-26(34-3)16-11-23/h4-18H,2,19,31H2,1,3H3,(H,32,33). The molecule has 4 rings (SSSR count). The summed E-state index contributed by atoms with van der Waals surface area (Å²) in [5.41, 5.74) is 12.2. The van der Waals surface area contributed by atoms with E-state index in [9.17, 15) is 4.79 Å². The van der Waals surface area contributed by atoms with Crippen LogP contribution in [-0.2, 0) is 6.54 Å². The van der Waals surface area contributed by atoms with Gasteiger partial charge in [-0.2, -0.15) is 0 Å². The van der Waals surface area contributed by atoms with Gasteiger partial charge in [0, 0.05) is 27.6 Å². The Labute approximate surface area is 210 Å². The van der Waals surface area contributed by atoms with Crippen molar-refractivity contribution in [1.29, 1.82) is 0 Å². The minimum Gasteiger partial charge on any atom is -0.497 e. The van der Waals surface area contributed by atoms with E-state index in [2.05, 4.69) is 24.0 Å². The van der Waals surface area contributed by atoms with Gasteiger partial charge in [0.2, 0.25) is 0 Å². The maximum absolute atomic E-state index is 12.7. The highest BCUT2D eigenvalue weighted by Crippen LogP contribution is 2.37. The highest BCUT2D eigenvalue weighted by molar-refractivity contribution is 7.99. The molecule has 4 aromatic carbocycles. The van der Waals surface area contributed by atoms with E-state index in [4.69, 9.17) is 10.5 Å². The van der Waals surface area contributed by atoms with Crippen LogP contribution < -0.4 is 15.8 Å². The Kier molecular flexibility index (Phi) is 7.58. The van der Waals surface area contributed by atoms with Crippen LogP contribution in [0.15, 0.2) is 107 Å². The summed E-state index contributed by atoms with van der Waals surface area (Å²) < 4.78 is 5.27. The zero-order chi connectivity index (χ0) is 24.8. The topological polar surface area (TPSA) is 64.3 Å². The first kappa shape index (κ1) is 24.2. The van der Waals surface area contributed by atoms with Gasteiger partial charge in [-0.15, -0.1) is 0 Å². The second kappa shape index (κ2) is 11.0. The largest absolute Gasteiger partial charge is 0.497 e. The van der Waals surface area contributed by atoms with Crippen LogP contribution in [0.1, 0.15) is 32.6 Å². The average molecular weight is 481 g/mol. The summed E-state index contributed by atoms with van der Waals surface area (Å²) in [6.07, 6.45) is 0. The fourth-order valence-corrected chi connectivity index (χ4v) is 4.74. The lowest BCUT2D eigenvalue weighted by Crippen LogP contribution is -2.22. The SMILES string of the molecule is C=C(c1ccc(OC)cc1)c1ccccc1Sc1ccc(C(=O)NCc2ccc(N)cc2)cc1C. The molecule has 0 spiro atoms. The summed E-state index contributed by atoms with van der Waals surface area (Å²) in [5, 5.41) is 2.97. The number of hydrogen-bond acceptors (Lipinski definition) is 4. The van der Waals surface area contributed by atoms with E-state index in [0.717, 1.165) is 43.4 Å². The van der Waals surface area contributed by atoms with Crippen LogP contribution in [0.25, 0.3) is 5.57 Å². The van der Waals surface area contributed by atoms with Gasteiger partial charge in [0.1, 0.15) is 5.75 Å². The summed E-state index contributed by atoms with van der Waals surface area (Å²) in [6.45, 7) is 6.83. The number of amides is 1. The van der Waals surface area contributed by atoms with Crippen molar-refractivity contribution in [1.82, 2.24) is 5.32 Å². The van der Waals surface area contributed by atoms with Crippen LogP contribution in [0.4, 0.5) is 5.69 Å². The van der Waals surface area contributed by atoms with E-state index in [1.54, 1.807) is 18.9 Å². The third kappa shape index (κ3) is 5.94. The molecule has 176 valence electrons. The number of hydrogen-bond donors (Lipinski definition) is 2. The number of nitrogens with one attached hydrogen (secondary N) is 1. The maximum Gasteiger partial charge on any atom is 0.251 e. The van der Waals surface area contributed by atoms with Gasteiger partial charge in [-0.05, 0) is 83.3 Å². The first-order chi connectivity index (χ1) is 16.9. The zero-order valence-corrected chi connectivity index (χ0v) is 20.7. The Balaban J connectivity index is 1.48. The summed E-state index contributed by atoms with van der Waals surface area (Å²) >= 11 is 1.67. The molecule has 1 amide bonds. The first-order valence-corrected chi connectivity index (χ1v) is 12.1. The molecule has 0 atom stereocenters. The van der Waals surface area contributed by atoms with Crippen LogP contribution in [0.2, 0.25) is 0 Å². The second-order valence-corrected chi connectivity index (χ2v) is 9.29. The minimum absolute atomic E-state index is 0.102. The number of nitrogen functional groups attached to an aromatic ring is 1. The number of nitrogens with two attached hydrogens (primary N) is 1. The molecular formula is C30H28N2O2S. The molecule has 0 heterocycles. The summed E-state index contributed by atoms with van der Waals surface area (Å²) in [6, 6.07) is 29.5. The molecule has 0 unspecified atom stereocenters. The van der Waals surface area contributed by atoms with Gasteiger partial charge in [-0.25, -0.2) is 0 Å². The lowest BCUT2D eigenvalue weighted by Gasteiger charge is -2.14. The first-order valence-electron chi connectivity index (χ1n) is 11.3. The van der Waals surface area contributed by atoms with E-state index < -0.39 is 0 Å². The van der Waals surface area contributed by atoms with Crippen LogP contribution in [0.5, 0.6) is 5.75 Å². The molecule has 0 aliphatic rings. The predicted molar refractivity (Wildman–Crippen MR) is 145 cm³/mol. The number of anilines is 1. The van der Waals surface area contributed by atoms with Crippen molar-refractivity contribution in [3.63, 3.8) is 0 Å². The smallest absolute Gasteiger partial charge is 0.251 e. The van der Waals surface area contributed by atoms with Gasteiger partial charge in [-0.3, -0.25) is 4.79 Å². The molecule has 35 heavy (non-hydrogen) atoms. The van der Waals surface area contributed by atoms with Crippen molar-refractivity contribution in [2.45, 2.75) is 23.3 Å². The van der Waals surface area contributed by atoms with Gasteiger partial charge in [-0.1, -0.05) is 60.8 Å². The number of aryl methyl sites for hydroxylation is 1. The average Bonchev–Trinajstić information content (AvgIpc) is 2.89. The van der Waals surface area contributed by atoms with Crippen molar-refractivity contribution in [2.24, 2.45) is 0 Å². The van der Waals surface area contributed by atoms with Gasteiger partial charge < -0.3 is 15.8 Å². The van der Waals surface area contributed by atoms with Crippen molar-refractivity contribution >= 4 is 28.9 Å². The van der Waals surface area contributed by atoms with Gasteiger partial charge in [0.15, 0.2) is 0 Å². The van der Waals surface area contributed by atoms with Crippen molar-refractivity contribution in [3.8, 4) is 5.75 Å². The van der Waals surface area contributed by atoms with Crippen molar-refractivity contribution in [3.05, 3.63) is 125 Å². The lowest BCUT2D eigenvalue weighted by atomic mass is 9.99. The number of methoxy groups -OCH3 is 1. The van der Waals surface area contributed by atoms with E-state index in [-0.39, 0.29) is 5.91 Å². The van der Waals surface area contributed by atoms with E-state index in [1.165, 1.54) is 0 Å². The summed E-state index contributed by atoms with van der Waals surface area (Å²) in [7, 11) is 1.66. The normalized spacial score (nSPS) is 10.6. The third-order valence-electron chi connectivity index (χ3n) is 5.74. The number of benzene rings is 4. The Hall–Kier alpha value is -3.96. The Morgan fingerprint density at radius 3 is 2.29 bits per heavy atom. The van der Waals surface area contributed by atoms with Gasteiger partial charge >= 0.3 is 0 Å². The summed E-state index contributed by atoms with van der Waals surface area (Å²) in [4.78, 5) is 14.9. The molecule has 5 heteroatoms. The molecule has 0 saturated heterocycles. The van der Waals surface area contributed by atoms with Gasteiger partial charge in [0.05, 0.1) is 7.11 Å². The molecule has 0 fully saturated rings. The molecule has 0 aromatic heterocycles. The Morgan fingerprint density at radius 1 is 0.914 bits per heavy atom. The third-order valence-corrected chi connectivity index (χ3v) is 6.99. The number of rotatable bonds is 8. The molecule has 0 radical (unpaired) electrons. The van der Waals surface area contributed by atoms with Crippen LogP contribution in [0.3, 0.4) is 0 Å². The molecule has 4 aromatic rings. The number of carbonyl (C=O) groups excluding carboxylic acids is 1. The Bertz CT molecular complexity index is 1350. The molecule has 0 aliphatic heterocycles. The Morgan fingerprint density at radius 2 is 1.60 bits per heavy atom. The molecule has 4 nitrogen and oxygen atoms in total. The fourth-order valence-electron chi connectivity index (χ4n) is 3.70. The maximum atomic E-state index is 12.7. The zero-order valence-electron chi connectivity index (χ0n) is 19.9. The predicted octanol–water partition coefficient (Wildman–Crippen LogP) is 6.73. The van der Waals surface area contributed by atoms with Crippen molar-refractivity contribution in [2.75, 3.05) is 12.8 Å². The molecule has 0 bridgehead atoms. The van der Waals surface area contributed by atoms with Crippen LogP contribution >= 0.6 is 11.8 Å². The number of carbonyl (C=O) groups is 1. The van der Waals surface area contributed by atoms with E-state index >= 15 is 0 Å². The highest BCUT2D eigenvalue weighted by Gasteiger charge is 2.13. The van der Waals surface area contributed by atoms with Crippen LogP contribution in [0, 0.1) is 6.92 Å². The second-order valence-electron chi connectivity index (χ2n) is 8.21. The fraction of sp³-hybridized carbons (Fsp3) is 0.100. The minimum atomic E-state index is -0.102. The van der Waals surface area contributed by atoms with Crippen molar-refractivity contribution < 1.29 is 9.53 Å². The molecule has 0 aliphatic carbocycles.